The summed E-state index contributed by atoms with van der Waals surface area (Å²) in [5.74, 6) is 0. The average Bonchev–Trinajstić information content (AvgIpc) is 2.88. The summed E-state index contributed by atoms with van der Waals surface area (Å²) in [5, 5.41) is 0.978. The highest BCUT2D eigenvalue weighted by molar-refractivity contribution is 7.89. The van der Waals surface area contributed by atoms with E-state index in [0.29, 0.717) is 14.9 Å². The van der Waals surface area contributed by atoms with Gasteiger partial charge < -0.3 is 0 Å². The second-order valence-electron chi connectivity index (χ2n) is 6.45. The van der Waals surface area contributed by atoms with Crippen LogP contribution in [-0.4, -0.2) is 24.8 Å². The summed E-state index contributed by atoms with van der Waals surface area (Å²) in [6.07, 6.45) is 6.75. The van der Waals surface area contributed by atoms with Crippen LogP contribution in [0, 0.1) is 0 Å². The molecule has 0 amide bonds. The molecule has 2 aliphatic heterocycles. The molecule has 25 heavy (non-hydrogen) atoms. The Labute approximate surface area is 157 Å². The molecule has 1 saturated heterocycles. The van der Waals surface area contributed by atoms with Crippen molar-refractivity contribution in [2.75, 3.05) is 0 Å². The molecule has 2 aromatic rings. The Kier molecular flexibility index (Phi) is 4.40. The van der Waals surface area contributed by atoms with E-state index in [1.54, 1.807) is 28.6 Å². The molecule has 2 heterocycles. The van der Waals surface area contributed by atoms with Crippen molar-refractivity contribution in [3.8, 4) is 11.1 Å². The first-order valence-electron chi connectivity index (χ1n) is 8.22. The number of rotatable bonds is 3. The van der Waals surface area contributed by atoms with Crippen LogP contribution in [0.1, 0.15) is 19.3 Å². The Morgan fingerprint density at radius 1 is 0.920 bits per heavy atom. The van der Waals surface area contributed by atoms with E-state index >= 15 is 0 Å². The Morgan fingerprint density at radius 3 is 2.32 bits per heavy atom. The number of sulfonamides is 1. The van der Waals surface area contributed by atoms with Crippen LogP contribution in [0.2, 0.25) is 10.0 Å². The van der Waals surface area contributed by atoms with Crippen molar-refractivity contribution in [1.29, 1.82) is 0 Å². The number of hydrogen-bond donors (Lipinski definition) is 0. The molecule has 2 aromatic carbocycles. The van der Waals surface area contributed by atoms with Crippen LogP contribution < -0.4 is 0 Å². The normalized spacial score (nSPS) is 23.1. The second-order valence-corrected chi connectivity index (χ2v) is 9.11. The first-order chi connectivity index (χ1) is 12.0. The van der Waals surface area contributed by atoms with Crippen molar-refractivity contribution < 1.29 is 8.42 Å². The van der Waals surface area contributed by atoms with Crippen molar-refractivity contribution in [2.45, 2.75) is 36.2 Å². The van der Waals surface area contributed by atoms with Gasteiger partial charge in [0.2, 0.25) is 10.0 Å². The maximum Gasteiger partial charge on any atom is 0.243 e. The van der Waals surface area contributed by atoms with Crippen molar-refractivity contribution >= 4 is 33.2 Å². The SMILES string of the molecule is O=S(=O)(c1ccc(-c2ccc(Cl)c(Cl)c2)cc1)N1C2C=CCC1CC2. The van der Waals surface area contributed by atoms with Gasteiger partial charge in [-0.05, 0) is 54.7 Å². The van der Waals surface area contributed by atoms with Crippen LogP contribution in [-0.2, 0) is 10.0 Å². The number of fused-ring (bicyclic) bond motifs is 2. The third-order valence-electron chi connectivity index (χ3n) is 4.93. The zero-order valence-electron chi connectivity index (χ0n) is 13.4. The number of nitrogens with zero attached hydrogens (tertiary/aromatic N) is 1. The molecule has 3 nitrogen and oxygen atoms in total. The molecule has 0 aliphatic carbocycles. The Hall–Kier alpha value is -1.33. The Bertz CT molecular complexity index is 938. The van der Waals surface area contributed by atoms with E-state index in [2.05, 4.69) is 6.08 Å². The summed E-state index contributed by atoms with van der Waals surface area (Å²) in [6, 6.07) is 12.4. The standard InChI is InChI=1S/C19H17Cl2NO2S/c20-18-11-6-14(12-19(18)21)13-4-9-17(10-5-13)25(23,24)22-15-2-1-3-16(22)8-7-15/h1-2,4-6,9-12,15-16H,3,7-8H2. The fourth-order valence-electron chi connectivity index (χ4n) is 3.68. The van der Waals surface area contributed by atoms with Gasteiger partial charge in [-0.25, -0.2) is 8.42 Å². The molecule has 2 unspecified atom stereocenters. The fourth-order valence-corrected chi connectivity index (χ4v) is 5.81. The highest BCUT2D eigenvalue weighted by atomic mass is 35.5. The lowest BCUT2D eigenvalue weighted by Gasteiger charge is -2.30. The molecule has 2 atom stereocenters. The average molecular weight is 394 g/mol. The van der Waals surface area contributed by atoms with E-state index in [1.807, 2.05) is 24.3 Å². The van der Waals surface area contributed by atoms with Gasteiger partial charge in [-0.15, -0.1) is 0 Å². The monoisotopic (exact) mass is 393 g/mol. The summed E-state index contributed by atoms with van der Waals surface area (Å²) in [6.45, 7) is 0. The minimum Gasteiger partial charge on any atom is -0.207 e. The molecule has 4 rings (SSSR count). The van der Waals surface area contributed by atoms with E-state index in [4.69, 9.17) is 23.2 Å². The highest BCUT2D eigenvalue weighted by Gasteiger charge is 2.42. The van der Waals surface area contributed by atoms with Gasteiger partial charge in [0.15, 0.2) is 0 Å². The topological polar surface area (TPSA) is 37.4 Å². The van der Waals surface area contributed by atoms with Crippen molar-refractivity contribution in [3.63, 3.8) is 0 Å². The van der Waals surface area contributed by atoms with Crippen molar-refractivity contribution in [3.05, 3.63) is 64.7 Å². The number of hydrogen-bond acceptors (Lipinski definition) is 2. The molecule has 0 N–H and O–H groups in total. The van der Waals surface area contributed by atoms with Crippen LogP contribution in [0.4, 0.5) is 0 Å². The van der Waals surface area contributed by atoms with E-state index in [0.717, 1.165) is 30.4 Å². The quantitative estimate of drug-likeness (QED) is 0.676. The summed E-state index contributed by atoms with van der Waals surface area (Å²) in [4.78, 5) is 0.337. The first kappa shape index (κ1) is 17.1. The van der Waals surface area contributed by atoms with Gasteiger partial charge in [0.1, 0.15) is 0 Å². The lowest BCUT2D eigenvalue weighted by molar-refractivity contribution is 0.341. The smallest absolute Gasteiger partial charge is 0.207 e. The summed E-state index contributed by atoms with van der Waals surface area (Å²) in [7, 11) is -3.48. The zero-order valence-corrected chi connectivity index (χ0v) is 15.7. The van der Waals surface area contributed by atoms with Gasteiger partial charge in [0.25, 0.3) is 0 Å². The largest absolute Gasteiger partial charge is 0.243 e. The summed E-state index contributed by atoms with van der Waals surface area (Å²) >= 11 is 12.0. The fraction of sp³-hybridized carbons (Fsp3) is 0.263. The molecule has 0 radical (unpaired) electrons. The van der Waals surface area contributed by atoms with Gasteiger partial charge in [-0.2, -0.15) is 4.31 Å². The highest BCUT2D eigenvalue weighted by Crippen LogP contribution is 2.37. The second kappa shape index (κ2) is 6.44. The van der Waals surface area contributed by atoms with Crippen LogP contribution in [0.25, 0.3) is 11.1 Å². The third kappa shape index (κ3) is 3.02. The molecule has 1 fully saturated rings. The molecular formula is C19H17Cl2NO2S. The first-order valence-corrected chi connectivity index (χ1v) is 10.4. The predicted molar refractivity (Wildman–Crippen MR) is 101 cm³/mol. The Morgan fingerprint density at radius 2 is 1.64 bits per heavy atom. The van der Waals surface area contributed by atoms with E-state index in [-0.39, 0.29) is 12.1 Å². The molecule has 6 heteroatoms. The predicted octanol–water partition coefficient (Wildman–Crippen LogP) is 5.14. The van der Waals surface area contributed by atoms with Crippen LogP contribution in [0.5, 0.6) is 0 Å². The lowest BCUT2D eigenvalue weighted by atomic mass is 10.1. The Balaban J connectivity index is 1.66. The molecule has 0 aromatic heterocycles. The van der Waals surface area contributed by atoms with Crippen LogP contribution in [0.15, 0.2) is 59.5 Å². The van der Waals surface area contributed by atoms with Crippen LogP contribution in [0.3, 0.4) is 0 Å². The lowest BCUT2D eigenvalue weighted by Crippen LogP contribution is -2.41. The van der Waals surface area contributed by atoms with Gasteiger partial charge >= 0.3 is 0 Å². The molecule has 0 saturated carbocycles. The maximum absolute atomic E-state index is 13.0. The molecule has 130 valence electrons. The van der Waals surface area contributed by atoms with Crippen LogP contribution >= 0.6 is 23.2 Å². The van der Waals surface area contributed by atoms with Gasteiger partial charge in [0.05, 0.1) is 14.9 Å². The number of halogens is 2. The zero-order chi connectivity index (χ0) is 17.6. The van der Waals surface area contributed by atoms with Crippen molar-refractivity contribution in [1.82, 2.24) is 4.31 Å². The molecular weight excluding hydrogens is 377 g/mol. The minimum absolute atomic E-state index is 0.00139. The minimum atomic E-state index is -3.48. The molecule has 2 bridgehead atoms. The van der Waals surface area contributed by atoms with E-state index in [1.165, 1.54) is 0 Å². The molecule has 0 spiro atoms. The molecule has 2 aliphatic rings. The number of benzene rings is 2. The third-order valence-corrected chi connectivity index (χ3v) is 7.66. The van der Waals surface area contributed by atoms with Gasteiger partial charge in [0, 0.05) is 12.1 Å². The van der Waals surface area contributed by atoms with Gasteiger partial charge in [-0.3, -0.25) is 0 Å². The van der Waals surface area contributed by atoms with E-state index in [9.17, 15) is 8.42 Å². The van der Waals surface area contributed by atoms with Crippen molar-refractivity contribution in [2.24, 2.45) is 0 Å². The summed E-state index contributed by atoms with van der Waals surface area (Å²) in [5.41, 5.74) is 1.80. The van der Waals surface area contributed by atoms with Gasteiger partial charge in [-0.1, -0.05) is 53.6 Å². The maximum atomic E-state index is 13.0. The summed E-state index contributed by atoms with van der Waals surface area (Å²) < 4.78 is 27.8. The van der Waals surface area contributed by atoms with E-state index < -0.39 is 10.0 Å².